The first-order valence-corrected chi connectivity index (χ1v) is 7.82. The first kappa shape index (κ1) is 18.3. The van der Waals surface area contributed by atoms with Crippen LogP contribution in [0.2, 0.25) is 15.1 Å². The van der Waals surface area contributed by atoms with Crippen LogP contribution in [0.15, 0.2) is 40.0 Å². The molecule has 126 valence electrons. The second kappa shape index (κ2) is 8.19. The lowest BCUT2D eigenvalue weighted by molar-refractivity contribution is -0.139. The van der Waals surface area contributed by atoms with Crippen molar-refractivity contribution in [3.05, 3.63) is 56.9 Å². The zero-order valence-electron chi connectivity index (χ0n) is 12.4. The number of nitrogens with one attached hydrogen (secondary N) is 2. The van der Waals surface area contributed by atoms with Gasteiger partial charge in [0.15, 0.2) is 0 Å². The fourth-order valence-electron chi connectivity index (χ4n) is 1.71. The molecule has 0 saturated heterocycles. The molecule has 1 aromatic heterocycles. The van der Waals surface area contributed by atoms with E-state index in [0.29, 0.717) is 22.1 Å². The number of hydrogen-bond acceptors (Lipinski definition) is 4. The van der Waals surface area contributed by atoms with Crippen molar-refractivity contribution in [3.8, 4) is 0 Å². The largest absolute Gasteiger partial charge is 0.467 e. The topological polar surface area (TPSA) is 83.7 Å². The molecular formula is C15H12Cl3N3O3. The first-order chi connectivity index (χ1) is 11.4. The monoisotopic (exact) mass is 387 g/mol. The van der Waals surface area contributed by atoms with Gasteiger partial charge in [0.25, 0.3) is 0 Å². The van der Waals surface area contributed by atoms with Gasteiger partial charge in [-0.1, -0.05) is 40.9 Å². The summed E-state index contributed by atoms with van der Waals surface area (Å²) < 4.78 is 5.04. The van der Waals surface area contributed by atoms with Crippen LogP contribution in [0.3, 0.4) is 0 Å². The average Bonchev–Trinajstić information content (AvgIpc) is 3.08. The van der Waals surface area contributed by atoms with Gasteiger partial charge in [0.05, 0.1) is 33.6 Å². The van der Waals surface area contributed by atoms with E-state index >= 15 is 0 Å². The van der Waals surface area contributed by atoms with Gasteiger partial charge in [-0.3, -0.25) is 9.59 Å². The SMILES string of the molecule is C/C(=N/NC(=O)C(=O)NCc1ccco1)c1ccc(Cl)c(Cl)c1Cl. The predicted molar refractivity (Wildman–Crippen MR) is 92.4 cm³/mol. The number of halogens is 3. The minimum Gasteiger partial charge on any atom is -0.467 e. The molecule has 6 nitrogen and oxygen atoms in total. The highest BCUT2D eigenvalue weighted by molar-refractivity contribution is 6.49. The number of furan rings is 1. The normalized spacial score (nSPS) is 11.2. The van der Waals surface area contributed by atoms with Crippen molar-refractivity contribution in [2.75, 3.05) is 0 Å². The Bertz CT molecular complexity index is 789. The molecule has 1 aromatic carbocycles. The van der Waals surface area contributed by atoms with Crippen molar-refractivity contribution >= 4 is 52.3 Å². The van der Waals surface area contributed by atoms with Gasteiger partial charge >= 0.3 is 11.8 Å². The number of benzene rings is 1. The van der Waals surface area contributed by atoms with Gasteiger partial charge in [-0.05, 0) is 25.1 Å². The maximum atomic E-state index is 11.7. The van der Waals surface area contributed by atoms with Crippen LogP contribution in [-0.4, -0.2) is 17.5 Å². The molecule has 9 heteroatoms. The van der Waals surface area contributed by atoms with E-state index in [9.17, 15) is 9.59 Å². The maximum Gasteiger partial charge on any atom is 0.329 e. The van der Waals surface area contributed by atoms with Crippen LogP contribution in [0.1, 0.15) is 18.2 Å². The van der Waals surface area contributed by atoms with Crippen LogP contribution < -0.4 is 10.7 Å². The molecule has 2 N–H and O–H groups in total. The molecule has 0 aliphatic heterocycles. The Morgan fingerprint density at radius 1 is 1.12 bits per heavy atom. The third kappa shape index (κ3) is 4.50. The third-order valence-electron chi connectivity index (χ3n) is 2.96. The highest BCUT2D eigenvalue weighted by atomic mass is 35.5. The van der Waals surface area contributed by atoms with Crippen molar-refractivity contribution in [2.45, 2.75) is 13.5 Å². The van der Waals surface area contributed by atoms with E-state index in [2.05, 4.69) is 15.8 Å². The number of hydrazone groups is 1. The summed E-state index contributed by atoms with van der Waals surface area (Å²) >= 11 is 17.9. The fraction of sp³-hybridized carbons (Fsp3) is 0.133. The van der Waals surface area contributed by atoms with E-state index in [1.54, 1.807) is 31.2 Å². The van der Waals surface area contributed by atoms with Gasteiger partial charge in [-0.25, -0.2) is 5.43 Å². The summed E-state index contributed by atoms with van der Waals surface area (Å²) in [6.45, 7) is 1.70. The molecule has 0 radical (unpaired) electrons. The standard InChI is InChI=1S/C15H12Cl3N3O3/c1-8(10-4-5-11(16)13(18)12(10)17)20-21-15(23)14(22)19-7-9-3-2-6-24-9/h2-6H,7H2,1H3,(H,19,22)(H,21,23)/b20-8-. The maximum absolute atomic E-state index is 11.7. The first-order valence-electron chi connectivity index (χ1n) is 6.69. The van der Waals surface area contributed by atoms with Gasteiger partial charge < -0.3 is 9.73 Å². The second-order valence-corrected chi connectivity index (χ2v) is 5.79. The highest BCUT2D eigenvalue weighted by Gasteiger charge is 2.14. The van der Waals surface area contributed by atoms with E-state index in [4.69, 9.17) is 39.2 Å². The van der Waals surface area contributed by atoms with E-state index in [0.717, 1.165) is 0 Å². The Morgan fingerprint density at radius 3 is 2.54 bits per heavy atom. The molecule has 0 unspecified atom stereocenters. The third-order valence-corrected chi connectivity index (χ3v) is 4.25. The number of carbonyl (C=O) groups excluding carboxylic acids is 2. The summed E-state index contributed by atoms with van der Waals surface area (Å²) in [5.41, 5.74) is 3.00. The molecule has 0 atom stereocenters. The highest BCUT2D eigenvalue weighted by Crippen LogP contribution is 2.32. The lowest BCUT2D eigenvalue weighted by Gasteiger charge is -2.07. The summed E-state index contributed by atoms with van der Waals surface area (Å²) in [4.78, 5) is 23.4. The molecule has 0 aliphatic carbocycles. The summed E-state index contributed by atoms with van der Waals surface area (Å²) in [6.07, 6.45) is 1.47. The Labute approximate surface area is 152 Å². The molecule has 1 heterocycles. The molecular weight excluding hydrogens is 377 g/mol. The lowest BCUT2D eigenvalue weighted by Crippen LogP contribution is -2.37. The van der Waals surface area contributed by atoms with E-state index in [1.807, 2.05) is 0 Å². The van der Waals surface area contributed by atoms with Crippen LogP contribution in [0.4, 0.5) is 0 Å². The Hall–Kier alpha value is -2.02. The Balaban J connectivity index is 1.97. The van der Waals surface area contributed by atoms with Gasteiger partial charge in [-0.15, -0.1) is 0 Å². The summed E-state index contributed by atoms with van der Waals surface area (Å²) in [5, 5.41) is 6.94. The van der Waals surface area contributed by atoms with E-state index < -0.39 is 11.8 Å². The van der Waals surface area contributed by atoms with Crippen molar-refractivity contribution in [1.29, 1.82) is 0 Å². The molecule has 0 spiro atoms. The summed E-state index contributed by atoms with van der Waals surface area (Å²) in [7, 11) is 0. The van der Waals surface area contributed by atoms with Crippen molar-refractivity contribution < 1.29 is 14.0 Å². The van der Waals surface area contributed by atoms with E-state index in [-0.39, 0.29) is 16.6 Å². The predicted octanol–water partition coefficient (Wildman–Crippen LogP) is 3.40. The van der Waals surface area contributed by atoms with Crippen LogP contribution in [0.5, 0.6) is 0 Å². The number of nitrogens with zero attached hydrogens (tertiary/aromatic N) is 1. The van der Waals surface area contributed by atoms with Crippen molar-refractivity contribution in [1.82, 2.24) is 10.7 Å². The van der Waals surface area contributed by atoms with Crippen LogP contribution in [0, 0.1) is 0 Å². The zero-order chi connectivity index (χ0) is 17.7. The van der Waals surface area contributed by atoms with E-state index in [1.165, 1.54) is 6.26 Å². The van der Waals surface area contributed by atoms with Crippen LogP contribution in [-0.2, 0) is 16.1 Å². The zero-order valence-corrected chi connectivity index (χ0v) is 14.7. The molecule has 2 aromatic rings. The van der Waals surface area contributed by atoms with Gasteiger partial charge in [0.1, 0.15) is 5.76 Å². The molecule has 2 amide bonds. The number of rotatable bonds is 4. The molecule has 0 aliphatic rings. The smallest absolute Gasteiger partial charge is 0.329 e. The summed E-state index contributed by atoms with van der Waals surface area (Å²) in [6, 6.07) is 6.52. The lowest BCUT2D eigenvalue weighted by atomic mass is 10.1. The molecule has 2 rings (SSSR count). The van der Waals surface area contributed by atoms with Gasteiger partial charge in [0, 0.05) is 5.56 Å². The van der Waals surface area contributed by atoms with Gasteiger partial charge in [-0.2, -0.15) is 5.10 Å². The van der Waals surface area contributed by atoms with Crippen molar-refractivity contribution in [2.24, 2.45) is 5.10 Å². The summed E-state index contributed by atoms with van der Waals surface area (Å²) in [5.74, 6) is -1.24. The number of carbonyl (C=O) groups is 2. The molecule has 0 bridgehead atoms. The van der Waals surface area contributed by atoms with Crippen molar-refractivity contribution in [3.63, 3.8) is 0 Å². The van der Waals surface area contributed by atoms with Gasteiger partial charge in [0.2, 0.25) is 0 Å². The number of amides is 2. The Kier molecular flexibility index (Phi) is 6.25. The minimum atomic E-state index is -0.919. The minimum absolute atomic E-state index is 0.0978. The molecule has 0 saturated carbocycles. The van der Waals surface area contributed by atoms with Crippen LogP contribution in [0.25, 0.3) is 0 Å². The average molecular weight is 389 g/mol. The van der Waals surface area contributed by atoms with Crippen LogP contribution >= 0.6 is 34.8 Å². The number of hydrogen-bond donors (Lipinski definition) is 2. The fourth-order valence-corrected chi connectivity index (χ4v) is 2.38. The molecule has 24 heavy (non-hydrogen) atoms. The molecule has 0 fully saturated rings. The quantitative estimate of drug-likeness (QED) is 0.364. The second-order valence-electron chi connectivity index (χ2n) is 4.62. The Morgan fingerprint density at radius 2 is 1.88 bits per heavy atom.